The quantitative estimate of drug-likeness (QED) is 0.226. The number of ether oxygens (including phenoxy) is 1. The van der Waals surface area contributed by atoms with Crippen molar-refractivity contribution in [1.82, 2.24) is 29.6 Å². The van der Waals surface area contributed by atoms with Crippen molar-refractivity contribution < 1.29 is 13.9 Å². The molecule has 0 bridgehead atoms. The molecule has 0 saturated heterocycles. The Morgan fingerprint density at radius 3 is 2.65 bits per heavy atom. The molecule has 8 nitrogen and oxygen atoms in total. The molecule has 0 saturated carbocycles. The number of hydrogen-bond donors (Lipinski definition) is 0. The van der Waals surface area contributed by atoms with Crippen LogP contribution in [0.5, 0.6) is 0 Å². The first-order valence-corrected chi connectivity index (χ1v) is 13.1. The summed E-state index contributed by atoms with van der Waals surface area (Å²) in [6.45, 7) is 6.44. The first-order chi connectivity index (χ1) is 19.1. The van der Waals surface area contributed by atoms with Crippen molar-refractivity contribution in [2.45, 2.75) is 32.9 Å². The van der Waals surface area contributed by atoms with Gasteiger partial charge in [-0.3, -0.25) is 9.67 Å². The van der Waals surface area contributed by atoms with Crippen molar-refractivity contribution in [3.63, 3.8) is 0 Å². The third-order valence-corrected chi connectivity index (χ3v) is 6.41. The van der Waals surface area contributed by atoms with E-state index in [-0.39, 0.29) is 6.09 Å². The maximum atomic E-state index is 14.7. The van der Waals surface area contributed by atoms with Crippen LogP contribution >= 0.6 is 11.6 Å². The fourth-order valence-electron chi connectivity index (χ4n) is 4.19. The van der Waals surface area contributed by atoms with Gasteiger partial charge >= 0.3 is 6.09 Å². The summed E-state index contributed by atoms with van der Waals surface area (Å²) in [5.74, 6) is -0.422. The zero-order chi connectivity index (χ0) is 28.4. The zero-order valence-electron chi connectivity index (χ0n) is 22.6. The van der Waals surface area contributed by atoms with Gasteiger partial charge in [0.1, 0.15) is 11.4 Å². The highest BCUT2D eigenvalue weighted by molar-refractivity contribution is 6.30. The lowest BCUT2D eigenvalue weighted by atomic mass is 9.99. The van der Waals surface area contributed by atoms with Gasteiger partial charge in [0, 0.05) is 71.0 Å². The Bertz CT molecular complexity index is 1700. The van der Waals surface area contributed by atoms with Gasteiger partial charge in [-0.1, -0.05) is 11.6 Å². The van der Waals surface area contributed by atoms with E-state index in [1.54, 1.807) is 42.6 Å². The molecule has 0 N–H and O–H groups in total. The van der Waals surface area contributed by atoms with E-state index in [1.807, 2.05) is 51.2 Å². The number of nitrogens with zero attached hydrogens (tertiary/aromatic N) is 6. The molecule has 0 aliphatic rings. The number of carbonyl (C=O) groups excluding carboxylic acids is 1. The molecule has 204 valence electrons. The van der Waals surface area contributed by atoms with Crippen molar-refractivity contribution in [3.8, 4) is 33.5 Å². The first-order valence-electron chi connectivity index (χ1n) is 12.7. The molecule has 4 aromatic heterocycles. The number of halogens is 2. The van der Waals surface area contributed by atoms with Gasteiger partial charge in [-0.05, 0) is 68.8 Å². The molecule has 0 fully saturated rings. The molecule has 10 heteroatoms. The van der Waals surface area contributed by atoms with Gasteiger partial charge in [0.15, 0.2) is 5.65 Å². The van der Waals surface area contributed by atoms with Gasteiger partial charge in [0.05, 0.1) is 18.4 Å². The molecule has 0 unspecified atom stereocenters. The summed E-state index contributed by atoms with van der Waals surface area (Å²) in [5, 5.41) is 5.69. The number of fused-ring (bicyclic) bond motifs is 1. The fourth-order valence-corrected chi connectivity index (χ4v) is 4.36. The summed E-state index contributed by atoms with van der Waals surface area (Å²) in [5.41, 5.74) is 4.01. The number of hydrogen-bond acceptors (Lipinski definition) is 6. The second-order valence-electron chi connectivity index (χ2n) is 10.4. The molecule has 0 aliphatic carbocycles. The van der Waals surface area contributed by atoms with Gasteiger partial charge in [0.2, 0.25) is 0 Å². The third-order valence-electron chi connectivity index (χ3n) is 6.17. The van der Waals surface area contributed by atoms with Crippen LogP contribution in [0.3, 0.4) is 0 Å². The van der Waals surface area contributed by atoms with Crippen LogP contribution in [0.2, 0.25) is 5.02 Å². The number of likely N-dealkylation sites (N-methyl/N-ethyl adjacent to an activating group) is 1. The van der Waals surface area contributed by atoms with Crippen molar-refractivity contribution in [2.24, 2.45) is 0 Å². The van der Waals surface area contributed by atoms with Gasteiger partial charge < -0.3 is 9.64 Å². The highest BCUT2D eigenvalue weighted by atomic mass is 35.5. The summed E-state index contributed by atoms with van der Waals surface area (Å²) in [6, 6.07) is 12.0. The second-order valence-corrected chi connectivity index (χ2v) is 10.8. The van der Waals surface area contributed by atoms with Crippen LogP contribution in [-0.4, -0.2) is 54.9 Å². The van der Waals surface area contributed by atoms with E-state index in [0.29, 0.717) is 35.0 Å². The fraction of sp³-hybridized carbons (Fsp3) is 0.233. The molecule has 0 aliphatic heterocycles. The third kappa shape index (κ3) is 6.10. The number of benzene rings is 1. The van der Waals surface area contributed by atoms with Crippen molar-refractivity contribution in [3.05, 3.63) is 84.3 Å². The predicted molar refractivity (Wildman–Crippen MR) is 153 cm³/mol. The van der Waals surface area contributed by atoms with Crippen LogP contribution in [0, 0.1) is 5.82 Å². The molecule has 1 amide bonds. The number of carbonyl (C=O) groups is 1. The molecular weight excluding hydrogens is 531 g/mol. The van der Waals surface area contributed by atoms with Crippen molar-refractivity contribution in [1.29, 1.82) is 0 Å². The Labute approximate surface area is 236 Å². The number of aromatic nitrogens is 5. The molecular formula is C30H28ClFN6O2. The normalized spacial score (nSPS) is 11.6. The second kappa shape index (κ2) is 11.0. The maximum absolute atomic E-state index is 14.7. The topological polar surface area (TPSA) is 86.0 Å². The zero-order valence-corrected chi connectivity index (χ0v) is 23.4. The van der Waals surface area contributed by atoms with E-state index in [2.05, 4.69) is 20.1 Å². The minimum absolute atomic E-state index is 0.294. The van der Waals surface area contributed by atoms with E-state index >= 15 is 0 Å². The summed E-state index contributed by atoms with van der Waals surface area (Å²) in [7, 11) is 1.70. The van der Waals surface area contributed by atoms with Crippen LogP contribution < -0.4 is 0 Å². The molecule has 4 heterocycles. The van der Waals surface area contributed by atoms with Gasteiger partial charge in [-0.25, -0.2) is 19.2 Å². The Hall–Kier alpha value is -4.37. The van der Waals surface area contributed by atoms with Crippen LogP contribution in [-0.2, 0) is 11.3 Å². The monoisotopic (exact) mass is 558 g/mol. The van der Waals surface area contributed by atoms with Crippen LogP contribution in [0.1, 0.15) is 20.8 Å². The van der Waals surface area contributed by atoms with Gasteiger partial charge in [-0.15, -0.1) is 0 Å². The first kappa shape index (κ1) is 27.2. The summed E-state index contributed by atoms with van der Waals surface area (Å²) < 4.78 is 21.9. The Kier molecular flexibility index (Phi) is 7.49. The lowest BCUT2D eigenvalue weighted by molar-refractivity contribution is 0.0292. The highest BCUT2D eigenvalue weighted by Gasteiger charge is 2.19. The number of amides is 1. The summed E-state index contributed by atoms with van der Waals surface area (Å²) in [4.78, 5) is 27.3. The van der Waals surface area contributed by atoms with Crippen LogP contribution in [0.4, 0.5) is 9.18 Å². The lowest BCUT2D eigenvalue weighted by Crippen LogP contribution is -2.35. The minimum atomic E-state index is -0.554. The highest BCUT2D eigenvalue weighted by Crippen LogP contribution is 2.34. The molecule has 0 spiro atoms. The Morgan fingerprint density at radius 1 is 1.05 bits per heavy atom. The van der Waals surface area contributed by atoms with Gasteiger partial charge in [0.25, 0.3) is 0 Å². The number of pyridine rings is 3. The molecule has 5 rings (SSSR count). The Balaban J connectivity index is 1.44. The summed E-state index contributed by atoms with van der Waals surface area (Å²) in [6.07, 6.45) is 8.45. The van der Waals surface area contributed by atoms with Crippen molar-refractivity contribution >= 4 is 28.7 Å². The minimum Gasteiger partial charge on any atom is -0.444 e. The lowest BCUT2D eigenvalue weighted by Gasteiger charge is -2.24. The molecule has 40 heavy (non-hydrogen) atoms. The van der Waals surface area contributed by atoms with E-state index in [1.165, 1.54) is 17.0 Å². The molecule has 0 radical (unpaired) electrons. The predicted octanol–water partition coefficient (Wildman–Crippen LogP) is 6.88. The SMILES string of the molecule is CN(CCn1cc(-c2cncc(-c3cc(-c4cc(Cl)ccc4F)nc4ncccc34)c2)cn1)C(=O)OC(C)(C)C. The van der Waals surface area contributed by atoms with E-state index in [9.17, 15) is 9.18 Å². The van der Waals surface area contributed by atoms with E-state index in [0.717, 1.165) is 27.6 Å². The summed E-state index contributed by atoms with van der Waals surface area (Å²) >= 11 is 6.16. The van der Waals surface area contributed by atoms with Crippen LogP contribution in [0.15, 0.2) is 73.4 Å². The maximum Gasteiger partial charge on any atom is 0.410 e. The molecule has 5 aromatic rings. The average molecular weight is 559 g/mol. The molecule has 1 aromatic carbocycles. The van der Waals surface area contributed by atoms with Crippen molar-refractivity contribution in [2.75, 3.05) is 13.6 Å². The largest absolute Gasteiger partial charge is 0.444 e. The van der Waals surface area contributed by atoms with E-state index in [4.69, 9.17) is 16.3 Å². The Morgan fingerprint density at radius 2 is 1.85 bits per heavy atom. The standard InChI is InChI=1S/C30H28ClFN6O2/c1-30(2,3)40-29(39)37(4)10-11-38-18-21(17-35-38)19-12-20(16-33-15-19)24-14-27(25-13-22(31)7-8-26(25)32)36-28-23(24)6-5-9-34-28/h5-9,12-18H,10-11H2,1-4H3. The number of rotatable bonds is 6. The average Bonchev–Trinajstić information content (AvgIpc) is 3.41. The van der Waals surface area contributed by atoms with E-state index < -0.39 is 11.4 Å². The van der Waals surface area contributed by atoms with Crippen LogP contribution in [0.25, 0.3) is 44.5 Å². The smallest absolute Gasteiger partial charge is 0.410 e. The van der Waals surface area contributed by atoms with Gasteiger partial charge in [-0.2, -0.15) is 5.10 Å². The molecule has 0 atom stereocenters.